The molecule has 0 aliphatic carbocycles. The third kappa shape index (κ3) is 3.42. The van der Waals surface area contributed by atoms with Gasteiger partial charge in [-0.2, -0.15) is 0 Å². The number of ether oxygens (including phenoxy) is 1. The second-order valence-corrected chi connectivity index (χ2v) is 5.01. The first kappa shape index (κ1) is 15.1. The molecule has 0 aliphatic rings. The number of H-pyrrole nitrogens is 1. The molecule has 5 nitrogen and oxygen atoms in total. The summed E-state index contributed by atoms with van der Waals surface area (Å²) < 4.78 is 4.85. The van der Waals surface area contributed by atoms with Crippen LogP contribution in [-0.2, 0) is 20.7 Å². The maximum absolute atomic E-state index is 12.3. The summed E-state index contributed by atoms with van der Waals surface area (Å²) in [5.74, 6) is -0.486. The fourth-order valence-corrected chi connectivity index (χ4v) is 2.34. The van der Waals surface area contributed by atoms with Gasteiger partial charge in [-0.05, 0) is 25.5 Å². The molecule has 1 amide bonds. The average molecular weight is 288 g/mol. The first-order valence-corrected chi connectivity index (χ1v) is 6.98. The number of nitrogens with one attached hydrogen (secondary N) is 1. The Kier molecular flexibility index (Phi) is 4.62. The number of para-hydroxylation sites is 1. The lowest BCUT2D eigenvalue weighted by atomic mass is 10.1. The molecule has 21 heavy (non-hydrogen) atoms. The number of carbonyl (C=O) groups excluding carboxylic acids is 2. The summed E-state index contributed by atoms with van der Waals surface area (Å²) in [7, 11) is 1.61. The van der Waals surface area contributed by atoms with Gasteiger partial charge in [-0.25, -0.2) is 0 Å². The molecule has 1 N–H and O–H groups in total. The zero-order valence-corrected chi connectivity index (χ0v) is 12.6. The van der Waals surface area contributed by atoms with Crippen molar-refractivity contribution in [1.82, 2.24) is 9.88 Å². The van der Waals surface area contributed by atoms with Crippen molar-refractivity contribution >= 4 is 22.8 Å². The van der Waals surface area contributed by atoms with E-state index in [0.29, 0.717) is 6.61 Å². The van der Waals surface area contributed by atoms with Gasteiger partial charge >= 0.3 is 5.97 Å². The number of benzene rings is 1. The van der Waals surface area contributed by atoms with Crippen LogP contribution in [0.4, 0.5) is 0 Å². The zero-order chi connectivity index (χ0) is 15.4. The minimum Gasteiger partial charge on any atom is -0.465 e. The molecule has 0 atom stereocenters. The van der Waals surface area contributed by atoms with Crippen molar-refractivity contribution in [1.29, 1.82) is 0 Å². The third-order valence-electron chi connectivity index (χ3n) is 3.45. The molecule has 0 saturated carbocycles. The summed E-state index contributed by atoms with van der Waals surface area (Å²) in [4.78, 5) is 28.3. The van der Waals surface area contributed by atoms with Crippen LogP contribution in [-0.4, -0.2) is 42.0 Å². The molecule has 0 fully saturated rings. The van der Waals surface area contributed by atoms with Crippen LogP contribution in [0.15, 0.2) is 24.3 Å². The predicted molar refractivity (Wildman–Crippen MR) is 81.0 cm³/mol. The lowest BCUT2D eigenvalue weighted by molar-refractivity contribution is -0.147. The Balaban J connectivity index is 2.11. The number of carbonyl (C=O) groups is 2. The molecular formula is C16H20N2O3. The number of likely N-dealkylation sites (N-methyl/N-ethyl adjacent to an activating group) is 1. The number of hydrogen-bond acceptors (Lipinski definition) is 3. The Bertz CT molecular complexity index is 661. The van der Waals surface area contributed by atoms with Crippen molar-refractivity contribution in [3.05, 3.63) is 35.5 Å². The van der Waals surface area contributed by atoms with E-state index in [2.05, 4.69) is 4.98 Å². The number of amides is 1. The molecule has 0 saturated heterocycles. The number of aromatic amines is 1. The van der Waals surface area contributed by atoms with Gasteiger partial charge in [0.2, 0.25) is 5.91 Å². The monoisotopic (exact) mass is 288 g/mol. The van der Waals surface area contributed by atoms with E-state index in [1.54, 1.807) is 14.0 Å². The van der Waals surface area contributed by atoms with Crippen LogP contribution in [0.1, 0.15) is 18.2 Å². The second-order valence-electron chi connectivity index (χ2n) is 5.01. The van der Waals surface area contributed by atoms with E-state index in [9.17, 15) is 9.59 Å². The Morgan fingerprint density at radius 2 is 2.00 bits per heavy atom. The van der Waals surface area contributed by atoms with E-state index < -0.39 is 0 Å². The topological polar surface area (TPSA) is 62.4 Å². The third-order valence-corrected chi connectivity index (χ3v) is 3.45. The van der Waals surface area contributed by atoms with Crippen LogP contribution in [0.25, 0.3) is 10.9 Å². The molecule has 1 aromatic carbocycles. The van der Waals surface area contributed by atoms with Crippen LogP contribution in [0, 0.1) is 6.92 Å². The quantitative estimate of drug-likeness (QED) is 0.856. The van der Waals surface area contributed by atoms with Crippen LogP contribution in [0.3, 0.4) is 0 Å². The highest BCUT2D eigenvalue weighted by Gasteiger charge is 2.17. The van der Waals surface area contributed by atoms with E-state index in [1.165, 1.54) is 4.90 Å². The Morgan fingerprint density at radius 1 is 1.29 bits per heavy atom. The van der Waals surface area contributed by atoms with E-state index >= 15 is 0 Å². The molecule has 0 bridgehead atoms. The highest BCUT2D eigenvalue weighted by Crippen LogP contribution is 2.22. The molecule has 0 unspecified atom stereocenters. The minimum atomic E-state index is -0.385. The van der Waals surface area contributed by atoms with E-state index in [4.69, 9.17) is 4.74 Å². The van der Waals surface area contributed by atoms with Crippen molar-refractivity contribution < 1.29 is 14.3 Å². The number of nitrogens with zero attached hydrogens (tertiary/aromatic N) is 1. The minimum absolute atomic E-state index is 0.0198. The predicted octanol–water partition coefficient (Wildman–Crippen LogP) is 2.04. The van der Waals surface area contributed by atoms with Crippen LogP contribution in [0.5, 0.6) is 0 Å². The average Bonchev–Trinajstić information content (AvgIpc) is 2.75. The zero-order valence-electron chi connectivity index (χ0n) is 12.6. The SMILES string of the molecule is CCOC(=O)CN(C)C(=O)Cc1c(C)[nH]c2ccccc12. The van der Waals surface area contributed by atoms with Gasteiger partial charge in [-0.3, -0.25) is 9.59 Å². The first-order chi connectivity index (χ1) is 10.0. The number of fused-ring (bicyclic) bond motifs is 1. The van der Waals surface area contributed by atoms with Gasteiger partial charge in [0.25, 0.3) is 0 Å². The summed E-state index contributed by atoms with van der Waals surface area (Å²) >= 11 is 0. The fourth-order valence-electron chi connectivity index (χ4n) is 2.34. The lowest BCUT2D eigenvalue weighted by Gasteiger charge is -2.16. The Hall–Kier alpha value is -2.30. The molecule has 0 aliphatic heterocycles. The number of rotatable bonds is 5. The molecule has 1 aromatic heterocycles. The van der Waals surface area contributed by atoms with Crippen LogP contribution >= 0.6 is 0 Å². The number of esters is 1. The standard InChI is InChI=1S/C16H20N2O3/c1-4-21-16(20)10-18(3)15(19)9-13-11(2)17-14-8-6-5-7-12(13)14/h5-8,17H,4,9-10H2,1-3H3. The molecule has 1 heterocycles. The van der Waals surface area contributed by atoms with Gasteiger partial charge in [-0.1, -0.05) is 18.2 Å². The highest BCUT2D eigenvalue weighted by molar-refractivity contribution is 5.91. The molecule has 5 heteroatoms. The van der Waals surface area contributed by atoms with Crippen molar-refractivity contribution in [2.75, 3.05) is 20.2 Å². The number of aryl methyl sites for hydroxylation is 1. The van der Waals surface area contributed by atoms with E-state index in [0.717, 1.165) is 22.2 Å². The van der Waals surface area contributed by atoms with Crippen molar-refractivity contribution in [3.63, 3.8) is 0 Å². The maximum Gasteiger partial charge on any atom is 0.325 e. The largest absolute Gasteiger partial charge is 0.465 e. The van der Waals surface area contributed by atoms with Crippen LogP contribution < -0.4 is 0 Å². The molecule has 112 valence electrons. The summed E-state index contributed by atoms with van der Waals surface area (Å²) in [5, 5.41) is 1.05. The smallest absolute Gasteiger partial charge is 0.325 e. The van der Waals surface area contributed by atoms with E-state index in [-0.39, 0.29) is 24.8 Å². The Labute approximate surface area is 123 Å². The van der Waals surface area contributed by atoms with Gasteiger partial charge in [0.05, 0.1) is 13.0 Å². The molecule has 0 radical (unpaired) electrons. The number of hydrogen-bond donors (Lipinski definition) is 1. The molecule has 2 aromatic rings. The van der Waals surface area contributed by atoms with Gasteiger partial charge in [0.1, 0.15) is 6.54 Å². The van der Waals surface area contributed by atoms with Crippen molar-refractivity contribution in [3.8, 4) is 0 Å². The second kappa shape index (κ2) is 6.43. The highest BCUT2D eigenvalue weighted by atomic mass is 16.5. The fraction of sp³-hybridized carbons (Fsp3) is 0.375. The summed E-state index contributed by atoms with van der Waals surface area (Å²) in [6.45, 7) is 4.00. The number of aromatic nitrogens is 1. The van der Waals surface area contributed by atoms with Crippen molar-refractivity contribution in [2.24, 2.45) is 0 Å². The molecule has 2 rings (SSSR count). The summed E-state index contributed by atoms with van der Waals surface area (Å²) in [6.07, 6.45) is 0.270. The van der Waals surface area contributed by atoms with Crippen LogP contribution in [0.2, 0.25) is 0 Å². The van der Waals surface area contributed by atoms with Gasteiger partial charge in [0, 0.05) is 23.6 Å². The molecule has 0 spiro atoms. The summed E-state index contributed by atoms with van der Waals surface area (Å²) in [5.41, 5.74) is 2.98. The maximum atomic E-state index is 12.3. The molecular weight excluding hydrogens is 268 g/mol. The van der Waals surface area contributed by atoms with Crippen molar-refractivity contribution in [2.45, 2.75) is 20.3 Å². The first-order valence-electron chi connectivity index (χ1n) is 6.98. The lowest BCUT2D eigenvalue weighted by Crippen LogP contribution is -2.34. The summed E-state index contributed by atoms with van der Waals surface area (Å²) in [6, 6.07) is 7.88. The van der Waals surface area contributed by atoms with E-state index in [1.807, 2.05) is 31.2 Å². The van der Waals surface area contributed by atoms with Gasteiger partial charge < -0.3 is 14.6 Å². The Morgan fingerprint density at radius 3 is 2.71 bits per heavy atom. The van der Waals surface area contributed by atoms with Gasteiger partial charge in [0.15, 0.2) is 0 Å². The normalized spacial score (nSPS) is 10.6. The van der Waals surface area contributed by atoms with Gasteiger partial charge in [-0.15, -0.1) is 0 Å².